The minimum Gasteiger partial charge on any atom is -0.459 e. The lowest BCUT2D eigenvalue weighted by Gasteiger charge is -2.14. The van der Waals surface area contributed by atoms with Crippen LogP contribution in [0.5, 0.6) is 0 Å². The molecule has 0 amide bonds. The van der Waals surface area contributed by atoms with Crippen molar-refractivity contribution < 1.29 is 14.6 Å². The van der Waals surface area contributed by atoms with Crippen LogP contribution in [0.25, 0.3) is 10.8 Å². The molecule has 4 heteroatoms. The smallest absolute Gasteiger partial charge is 0.338 e. The van der Waals surface area contributed by atoms with Gasteiger partial charge in [0.2, 0.25) is 0 Å². The Morgan fingerprint density at radius 3 is 2.52 bits per heavy atom. The van der Waals surface area contributed by atoms with Gasteiger partial charge in [0.25, 0.3) is 0 Å². The van der Waals surface area contributed by atoms with Crippen molar-refractivity contribution >= 4 is 16.7 Å². The number of benzene rings is 2. The standard InChI is InChI=1S/C21H21NO3/c1-13(2)25-21(24)18-7-5-15-10-17(6-4-16(15)11-18)20(23)19-12-22-9-8-14(19)3/h4-13,20,23H,1-3H3. The third kappa shape index (κ3) is 3.69. The number of nitrogens with zero attached hydrogens (tertiary/aromatic N) is 1. The van der Waals surface area contributed by atoms with Crippen molar-refractivity contribution in [2.24, 2.45) is 0 Å². The Hall–Kier alpha value is -2.72. The van der Waals surface area contributed by atoms with E-state index >= 15 is 0 Å². The lowest BCUT2D eigenvalue weighted by molar-refractivity contribution is 0.0378. The van der Waals surface area contributed by atoms with Gasteiger partial charge >= 0.3 is 5.97 Å². The normalized spacial score (nSPS) is 12.4. The molecule has 0 saturated heterocycles. The van der Waals surface area contributed by atoms with Crippen molar-refractivity contribution in [1.29, 1.82) is 0 Å². The number of aliphatic hydroxyl groups is 1. The number of pyridine rings is 1. The molecule has 1 N–H and O–H groups in total. The first-order valence-electron chi connectivity index (χ1n) is 8.29. The Kier molecular flexibility index (Phi) is 4.81. The number of esters is 1. The average molecular weight is 335 g/mol. The fourth-order valence-electron chi connectivity index (χ4n) is 2.79. The Balaban J connectivity index is 1.93. The highest BCUT2D eigenvalue weighted by Gasteiger charge is 2.14. The van der Waals surface area contributed by atoms with Crippen LogP contribution in [0.1, 0.15) is 47.0 Å². The molecular weight excluding hydrogens is 314 g/mol. The maximum atomic E-state index is 12.0. The fourth-order valence-corrected chi connectivity index (χ4v) is 2.79. The van der Waals surface area contributed by atoms with Crippen molar-refractivity contribution in [1.82, 2.24) is 4.98 Å². The Morgan fingerprint density at radius 2 is 1.80 bits per heavy atom. The van der Waals surface area contributed by atoms with Crippen molar-refractivity contribution in [3.05, 3.63) is 77.1 Å². The molecule has 1 atom stereocenters. The van der Waals surface area contributed by atoms with E-state index in [2.05, 4.69) is 4.98 Å². The number of carbonyl (C=O) groups is 1. The van der Waals surface area contributed by atoms with Crippen LogP contribution < -0.4 is 0 Å². The molecule has 0 fully saturated rings. The predicted molar refractivity (Wildman–Crippen MR) is 97.5 cm³/mol. The number of aromatic nitrogens is 1. The zero-order valence-corrected chi connectivity index (χ0v) is 14.6. The summed E-state index contributed by atoms with van der Waals surface area (Å²) >= 11 is 0. The predicted octanol–water partition coefficient (Wildman–Crippen LogP) is 4.19. The molecule has 1 unspecified atom stereocenters. The van der Waals surface area contributed by atoms with Gasteiger partial charge < -0.3 is 9.84 Å². The van der Waals surface area contributed by atoms with Gasteiger partial charge in [-0.3, -0.25) is 4.98 Å². The maximum Gasteiger partial charge on any atom is 0.338 e. The molecule has 3 rings (SSSR count). The molecular formula is C21H21NO3. The van der Waals surface area contributed by atoms with Gasteiger partial charge in [0.1, 0.15) is 6.10 Å². The maximum absolute atomic E-state index is 12.0. The van der Waals surface area contributed by atoms with Crippen molar-refractivity contribution in [2.75, 3.05) is 0 Å². The highest BCUT2D eigenvalue weighted by Crippen LogP contribution is 2.27. The third-order valence-corrected chi connectivity index (χ3v) is 4.13. The topological polar surface area (TPSA) is 59.4 Å². The number of aryl methyl sites for hydroxylation is 1. The number of hydrogen-bond donors (Lipinski definition) is 1. The minimum atomic E-state index is -0.733. The third-order valence-electron chi connectivity index (χ3n) is 4.13. The number of fused-ring (bicyclic) bond motifs is 1. The molecule has 3 aromatic rings. The van der Waals surface area contributed by atoms with Gasteiger partial charge in [0.15, 0.2) is 0 Å². The average Bonchev–Trinajstić information content (AvgIpc) is 2.60. The zero-order chi connectivity index (χ0) is 18.0. The van der Waals surface area contributed by atoms with Gasteiger partial charge in [0.05, 0.1) is 11.7 Å². The SMILES string of the molecule is Cc1ccncc1C(O)c1ccc2cc(C(=O)OC(C)C)ccc2c1. The first-order valence-corrected chi connectivity index (χ1v) is 8.29. The van der Waals surface area contributed by atoms with E-state index in [0.717, 1.165) is 27.5 Å². The first-order chi connectivity index (χ1) is 12.0. The molecule has 2 aromatic carbocycles. The lowest BCUT2D eigenvalue weighted by Crippen LogP contribution is -2.11. The number of ether oxygens (including phenoxy) is 1. The van der Waals surface area contributed by atoms with Crippen LogP contribution in [0.3, 0.4) is 0 Å². The van der Waals surface area contributed by atoms with Gasteiger partial charge in [-0.05, 0) is 66.9 Å². The van der Waals surface area contributed by atoms with Gasteiger partial charge in [-0.1, -0.05) is 18.2 Å². The highest BCUT2D eigenvalue weighted by atomic mass is 16.5. The van der Waals surface area contributed by atoms with Crippen molar-refractivity contribution in [3.63, 3.8) is 0 Å². The van der Waals surface area contributed by atoms with Crippen LogP contribution in [0.4, 0.5) is 0 Å². The van der Waals surface area contributed by atoms with Crippen LogP contribution in [0, 0.1) is 6.92 Å². The Labute approximate surface area is 147 Å². The number of carbonyl (C=O) groups excluding carboxylic acids is 1. The van der Waals surface area contributed by atoms with E-state index in [9.17, 15) is 9.90 Å². The van der Waals surface area contributed by atoms with Gasteiger partial charge in [-0.2, -0.15) is 0 Å². The van der Waals surface area contributed by atoms with Crippen LogP contribution in [0.2, 0.25) is 0 Å². The number of hydrogen-bond acceptors (Lipinski definition) is 4. The van der Waals surface area contributed by atoms with Crippen LogP contribution >= 0.6 is 0 Å². The molecule has 4 nitrogen and oxygen atoms in total. The molecule has 25 heavy (non-hydrogen) atoms. The van der Waals surface area contributed by atoms with Crippen LogP contribution in [-0.2, 0) is 4.74 Å². The second-order valence-electron chi connectivity index (χ2n) is 6.41. The summed E-state index contributed by atoms with van der Waals surface area (Å²) < 4.78 is 5.23. The van der Waals surface area contributed by atoms with E-state index in [4.69, 9.17) is 4.74 Å². The molecule has 0 radical (unpaired) electrons. The monoisotopic (exact) mass is 335 g/mol. The summed E-state index contributed by atoms with van der Waals surface area (Å²) in [7, 11) is 0. The minimum absolute atomic E-state index is 0.150. The van der Waals surface area contributed by atoms with Crippen molar-refractivity contribution in [2.45, 2.75) is 33.0 Å². The van der Waals surface area contributed by atoms with Gasteiger partial charge in [0, 0.05) is 18.0 Å². The molecule has 0 saturated carbocycles. The number of aliphatic hydroxyl groups excluding tert-OH is 1. The lowest BCUT2D eigenvalue weighted by atomic mass is 9.96. The molecule has 0 aliphatic rings. The fraction of sp³-hybridized carbons (Fsp3) is 0.238. The van der Waals surface area contributed by atoms with Crippen LogP contribution in [-0.4, -0.2) is 22.2 Å². The second kappa shape index (κ2) is 7.03. The molecule has 0 aliphatic heterocycles. The summed E-state index contributed by atoms with van der Waals surface area (Å²) in [6.07, 6.45) is 2.52. The van der Waals surface area contributed by atoms with E-state index in [-0.39, 0.29) is 12.1 Å². The van der Waals surface area contributed by atoms with Crippen molar-refractivity contribution in [3.8, 4) is 0 Å². The second-order valence-corrected chi connectivity index (χ2v) is 6.41. The molecule has 1 heterocycles. The van der Waals surface area contributed by atoms with E-state index in [1.807, 2.05) is 57.2 Å². The highest BCUT2D eigenvalue weighted by molar-refractivity contribution is 5.95. The van der Waals surface area contributed by atoms with Gasteiger partial charge in [-0.25, -0.2) is 4.79 Å². The largest absolute Gasteiger partial charge is 0.459 e. The first kappa shape index (κ1) is 17.1. The molecule has 0 spiro atoms. The molecule has 1 aromatic heterocycles. The van der Waals surface area contributed by atoms with E-state index in [0.29, 0.717) is 5.56 Å². The Morgan fingerprint density at radius 1 is 1.08 bits per heavy atom. The summed E-state index contributed by atoms with van der Waals surface area (Å²) in [6.45, 7) is 5.61. The zero-order valence-electron chi connectivity index (χ0n) is 14.6. The Bertz CT molecular complexity index is 918. The number of rotatable bonds is 4. The summed E-state index contributed by atoms with van der Waals surface area (Å²) in [5, 5.41) is 12.5. The summed E-state index contributed by atoms with van der Waals surface area (Å²) in [4.78, 5) is 16.1. The van der Waals surface area contributed by atoms with Gasteiger partial charge in [-0.15, -0.1) is 0 Å². The van der Waals surface area contributed by atoms with E-state index in [1.54, 1.807) is 18.5 Å². The molecule has 0 aliphatic carbocycles. The quantitative estimate of drug-likeness (QED) is 0.726. The summed E-state index contributed by atoms with van der Waals surface area (Å²) in [6, 6.07) is 13.0. The summed E-state index contributed by atoms with van der Waals surface area (Å²) in [5.41, 5.74) is 3.10. The van der Waals surface area contributed by atoms with E-state index in [1.165, 1.54) is 0 Å². The van der Waals surface area contributed by atoms with E-state index < -0.39 is 6.10 Å². The molecule has 128 valence electrons. The summed E-state index contributed by atoms with van der Waals surface area (Å²) in [5.74, 6) is -0.327. The van der Waals surface area contributed by atoms with Crippen LogP contribution in [0.15, 0.2) is 54.9 Å². The molecule has 0 bridgehead atoms.